The van der Waals surface area contributed by atoms with E-state index in [0.717, 1.165) is 21.0 Å². The molecule has 0 saturated carbocycles. The Labute approximate surface area is 191 Å². The van der Waals surface area contributed by atoms with E-state index in [2.05, 4.69) is 4.72 Å². The van der Waals surface area contributed by atoms with Gasteiger partial charge in [0.15, 0.2) is 0 Å². The molecular weight excluding hydrogens is 448 g/mol. The summed E-state index contributed by atoms with van der Waals surface area (Å²) in [6.45, 7) is 0. The molecule has 2 atom stereocenters. The molecule has 1 saturated heterocycles. The molecule has 0 bridgehead atoms. The molecule has 1 fully saturated rings. The second-order valence-corrected chi connectivity index (χ2v) is 10.5. The Kier molecular flexibility index (Phi) is 6.43. The monoisotopic (exact) mass is 470 g/mol. The van der Waals surface area contributed by atoms with Crippen molar-refractivity contribution in [3.05, 3.63) is 84.4 Å². The molecule has 1 aliphatic heterocycles. The summed E-state index contributed by atoms with van der Waals surface area (Å²) in [5.74, 6) is -0.268. The number of benzene rings is 3. The van der Waals surface area contributed by atoms with Crippen LogP contribution in [-0.2, 0) is 14.8 Å². The lowest BCUT2D eigenvalue weighted by atomic mass is 9.88. The number of hydrogen-bond donors (Lipinski definition) is 1. The van der Waals surface area contributed by atoms with Crippen molar-refractivity contribution < 1.29 is 13.2 Å². The van der Waals surface area contributed by atoms with Gasteiger partial charge in [0.25, 0.3) is 0 Å². The zero-order chi connectivity index (χ0) is 22.0. The Bertz CT molecular complexity index is 1160. The van der Waals surface area contributed by atoms with Crippen LogP contribution in [0.4, 0.5) is 5.69 Å². The van der Waals surface area contributed by atoms with Crippen molar-refractivity contribution in [2.75, 3.05) is 17.4 Å². The predicted molar refractivity (Wildman–Crippen MR) is 127 cm³/mol. The summed E-state index contributed by atoms with van der Waals surface area (Å²) in [7, 11) is -3.83. The molecule has 0 aliphatic carbocycles. The minimum Gasteiger partial charge on any atom is -0.301 e. The Hall–Kier alpha value is -2.26. The fraction of sp³-hybridized carbons (Fsp3) is 0.174. The number of nitrogens with one attached hydrogen (secondary N) is 1. The Morgan fingerprint density at radius 1 is 0.806 bits per heavy atom. The highest BCUT2D eigenvalue weighted by atomic mass is 32.2. The molecule has 5 nitrogen and oxygen atoms in total. The molecular formula is C23H22N2O3S3. The second kappa shape index (κ2) is 9.08. The number of β-lactam (4-membered cyclic amide) rings is 1. The minimum absolute atomic E-state index is 0.141. The van der Waals surface area contributed by atoms with Crippen LogP contribution in [0.2, 0.25) is 0 Å². The fourth-order valence-electron chi connectivity index (χ4n) is 3.61. The van der Waals surface area contributed by atoms with Crippen LogP contribution >= 0.6 is 23.5 Å². The van der Waals surface area contributed by atoms with Gasteiger partial charge in [0.05, 0.1) is 10.9 Å². The van der Waals surface area contributed by atoms with Crippen LogP contribution in [0.15, 0.2) is 93.5 Å². The van der Waals surface area contributed by atoms with Crippen molar-refractivity contribution in [2.24, 2.45) is 0 Å². The lowest BCUT2D eigenvalue weighted by molar-refractivity contribution is -0.126. The molecule has 1 N–H and O–H groups in total. The maximum atomic E-state index is 13.1. The number of amides is 1. The first kappa shape index (κ1) is 22.0. The number of anilines is 1. The average Bonchev–Trinajstić information content (AvgIpc) is 2.82. The van der Waals surface area contributed by atoms with E-state index >= 15 is 0 Å². The highest BCUT2D eigenvalue weighted by Crippen LogP contribution is 2.40. The fourth-order valence-corrected chi connectivity index (χ4v) is 5.64. The summed E-state index contributed by atoms with van der Waals surface area (Å²) in [4.78, 5) is 17.1. The molecule has 0 aromatic heterocycles. The molecule has 2 unspecified atom stereocenters. The van der Waals surface area contributed by atoms with E-state index in [4.69, 9.17) is 0 Å². The molecule has 0 spiro atoms. The topological polar surface area (TPSA) is 66.5 Å². The summed E-state index contributed by atoms with van der Waals surface area (Å²) < 4.78 is 28.4. The van der Waals surface area contributed by atoms with Crippen LogP contribution in [-0.4, -0.2) is 32.9 Å². The van der Waals surface area contributed by atoms with Gasteiger partial charge in [-0.2, -0.15) is 4.72 Å². The van der Waals surface area contributed by atoms with Gasteiger partial charge < -0.3 is 4.90 Å². The summed E-state index contributed by atoms with van der Waals surface area (Å²) in [6.07, 6.45) is 3.99. The highest BCUT2D eigenvalue weighted by molar-refractivity contribution is 7.98. The van der Waals surface area contributed by atoms with Gasteiger partial charge in [0, 0.05) is 15.5 Å². The van der Waals surface area contributed by atoms with Gasteiger partial charge in [-0.25, -0.2) is 8.42 Å². The van der Waals surface area contributed by atoms with Gasteiger partial charge in [-0.05, 0) is 66.6 Å². The zero-order valence-electron chi connectivity index (χ0n) is 17.1. The largest absolute Gasteiger partial charge is 0.301 e. The SMILES string of the molecule is CSc1ccc(C2C(NS(=O)(=O)c3ccccc3)C(=O)N2c2ccc(SC)cc2)cc1. The lowest BCUT2D eigenvalue weighted by Crippen LogP contribution is -2.65. The molecule has 4 rings (SSSR count). The van der Waals surface area contributed by atoms with Crippen LogP contribution < -0.4 is 9.62 Å². The third-order valence-electron chi connectivity index (χ3n) is 5.24. The highest BCUT2D eigenvalue weighted by Gasteiger charge is 2.50. The van der Waals surface area contributed by atoms with E-state index in [1.807, 2.05) is 61.0 Å². The summed E-state index contributed by atoms with van der Waals surface area (Å²) in [5.41, 5.74) is 1.63. The molecule has 31 heavy (non-hydrogen) atoms. The van der Waals surface area contributed by atoms with E-state index in [1.165, 1.54) is 12.1 Å². The molecule has 1 heterocycles. The molecule has 8 heteroatoms. The number of carbonyl (C=O) groups excluding carboxylic acids is 1. The van der Waals surface area contributed by atoms with E-state index in [9.17, 15) is 13.2 Å². The first-order valence-corrected chi connectivity index (χ1v) is 13.6. The number of nitrogens with zero attached hydrogens (tertiary/aromatic N) is 1. The molecule has 1 aliphatic rings. The number of thioether (sulfide) groups is 2. The number of carbonyl (C=O) groups is 1. The van der Waals surface area contributed by atoms with Gasteiger partial charge >= 0.3 is 0 Å². The Balaban J connectivity index is 1.69. The van der Waals surface area contributed by atoms with E-state index in [1.54, 1.807) is 46.6 Å². The predicted octanol–water partition coefficient (Wildman–Crippen LogP) is 4.57. The summed E-state index contributed by atoms with van der Waals surface area (Å²) in [5, 5.41) is 0. The Morgan fingerprint density at radius 3 is 1.90 bits per heavy atom. The van der Waals surface area contributed by atoms with Crippen molar-refractivity contribution in [1.82, 2.24) is 4.72 Å². The summed E-state index contributed by atoms with van der Waals surface area (Å²) >= 11 is 3.26. The lowest BCUT2D eigenvalue weighted by Gasteiger charge is -2.47. The minimum atomic E-state index is -3.83. The number of sulfonamides is 1. The van der Waals surface area contributed by atoms with Crippen LogP contribution in [0.5, 0.6) is 0 Å². The second-order valence-electron chi connectivity index (χ2n) is 7.04. The van der Waals surface area contributed by atoms with E-state index in [0.29, 0.717) is 0 Å². The summed E-state index contributed by atoms with van der Waals surface area (Å²) in [6, 6.07) is 22.4. The van der Waals surface area contributed by atoms with Crippen LogP contribution in [0.25, 0.3) is 0 Å². The molecule has 3 aromatic carbocycles. The third-order valence-corrected chi connectivity index (χ3v) is 8.19. The van der Waals surface area contributed by atoms with Crippen molar-refractivity contribution in [2.45, 2.75) is 26.8 Å². The normalized spacial score (nSPS) is 18.6. The van der Waals surface area contributed by atoms with Crippen molar-refractivity contribution in [3.8, 4) is 0 Å². The molecule has 0 radical (unpaired) electrons. The van der Waals surface area contributed by atoms with Crippen molar-refractivity contribution in [3.63, 3.8) is 0 Å². The molecule has 1 amide bonds. The van der Waals surface area contributed by atoms with Gasteiger partial charge in [-0.3, -0.25) is 4.79 Å². The van der Waals surface area contributed by atoms with Crippen LogP contribution in [0.3, 0.4) is 0 Å². The zero-order valence-corrected chi connectivity index (χ0v) is 19.5. The average molecular weight is 471 g/mol. The van der Waals surface area contributed by atoms with E-state index < -0.39 is 22.1 Å². The van der Waals surface area contributed by atoms with Crippen LogP contribution in [0, 0.1) is 0 Å². The standard InChI is InChI=1S/C23H22N2O3S3/c1-29-18-12-8-16(9-13-18)22-21(24-31(27,28)20-6-4-3-5-7-20)23(26)25(22)17-10-14-19(30-2)15-11-17/h3-15,21-22,24H,1-2H3. The molecule has 160 valence electrons. The first-order valence-electron chi connectivity index (χ1n) is 9.63. The van der Waals surface area contributed by atoms with Gasteiger partial charge in [-0.1, -0.05) is 30.3 Å². The van der Waals surface area contributed by atoms with Crippen molar-refractivity contribution in [1.29, 1.82) is 0 Å². The third kappa shape index (κ3) is 4.39. The van der Waals surface area contributed by atoms with E-state index in [-0.39, 0.29) is 10.8 Å². The quantitative estimate of drug-likeness (QED) is 0.405. The number of hydrogen-bond acceptors (Lipinski definition) is 5. The van der Waals surface area contributed by atoms with Crippen molar-refractivity contribution >= 4 is 45.1 Å². The Morgan fingerprint density at radius 2 is 1.35 bits per heavy atom. The number of rotatable bonds is 7. The van der Waals surface area contributed by atoms with Crippen LogP contribution in [0.1, 0.15) is 11.6 Å². The van der Waals surface area contributed by atoms with Gasteiger partial charge in [0.1, 0.15) is 6.04 Å². The maximum Gasteiger partial charge on any atom is 0.248 e. The first-order chi connectivity index (χ1) is 14.9. The molecule has 3 aromatic rings. The smallest absolute Gasteiger partial charge is 0.248 e. The van der Waals surface area contributed by atoms with Gasteiger partial charge in [-0.15, -0.1) is 23.5 Å². The van der Waals surface area contributed by atoms with Gasteiger partial charge in [0.2, 0.25) is 15.9 Å². The maximum absolute atomic E-state index is 13.1.